The van der Waals surface area contributed by atoms with E-state index in [0.29, 0.717) is 11.3 Å². The zero-order valence-electron chi connectivity index (χ0n) is 8.72. The van der Waals surface area contributed by atoms with Gasteiger partial charge in [-0.2, -0.15) is 9.49 Å². The molecule has 0 bridgehead atoms. The Bertz CT molecular complexity index is 519. The Morgan fingerprint density at radius 2 is 2.35 bits per heavy atom. The lowest BCUT2D eigenvalue weighted by Crippen LogP contribution is -2.19. The molecular weight excluding hydrogens is 259 g/mol. The van der Waals surface area contributed by atoms with Crippen LogP contribution in [0, 0.1) is 5.13 Å². The summed E-state index contributed by atoms with van der Waals surface area (Å²) in [5.74, 6) is -0.180. The second-order valence-corrected chi connectivity index (χ2v) is 5.29. The average Bonchev–Trinajstić information content (AvgIpc) is 2.90. The van der Waals surface area contributed by atoms with Crippen molar-refractivity contribution >= 4 is 34.8 Å². The molecule has 0 atom stereocenters. The van der Waals surface area contributed by atoms with Crippen LogP contribution in [-0.4, -0.2) is 12.1 Å². The highest BCUT2D eigenvalue weighted by molar-refractivity contribution is 7.12. The molecule has 3 nitrogen and oxygen atoms in total. The van der Waals surface area contributed by atoms with Gasteiger partial charge in [0.2, 0.25) is 5.91 Å². The molecule has 0 saturated heterocycles. The Balaban J connectivity index is 1.82. The number of thiophene rings is 2. The lowest BCUT2D eigenvalue weighted by molar-refractivity contribution is -0.120. The second-order valence-electron chi connectivity index (χ2n) is 3.19. The maximum Gasteiger partial charge on any atom is 0.245 e. The summed E-state index contributed by atoms with van der Waals surface area (Å²) >= 11 is 2.50. The smallest absolute Gasteiger partial charge is 0.245 e. The zero-order chi connectivity index (χ0) is 12.1. The van der Waals surface area contributed by atoms with Gasteiger partial charge in [-0.05, 0) is 23.6 Å². The number of amides is 1. The lowest BCUT2D eigenvalue weighted by Gasteiger charge is -1.96. The molecule has 6 heteroatoms. The molecule has 1 amide bonds. The molecule has 0 unspecified atom stereocenters. The van der Waals surface area contributed by atoms with Crippen molar-refractivity contribution in [3.8, 4) is 0 Å². The molecule has 2 rings (SSSR count). The van der Waals surface area contributed by atoms with Gasteiger partial charge in [-0.25, -0.2) is 5.43 Å². The summed E-state index contributed by atoms with van der Waals surface area (Å²) in [6, 6.07) is 6.75. The SMILES string of the molecule is O=C(Cc1cccs1)NN=Cc1ccc(F)s1. The minimum atomic E-state index is -0.267. The van der Waals surface area contributed by atoms with Crippen LogP contribution in [0.5, 0.6) is 0 Å². The van der Waals surface area contributed by atoms with Crippen molar-refractivity contribution in [1.29, 1.82) is 0 Å². The first-order valence-corrected chi connectivity index (χ1v) is 6.53. The summed E-state index contributed by atoms with van der Waals surface area (Å²) in [7, 11) is 0. The quantitative estimate of drug-likeness (QED) is 0.672. The highest BCUT2D eigenvalue weighted by Crippen LogP contribution is 2.11. The standard InChI is InChI=1S/C11H9FN2OS2/c12-10-4-3-9(17-10)7-13-14-11(15)6-8-2-1-5-16-8/h1-5,7H,6H2,(H,14,15). The number of rotatable bonds is 4. The van der Waals surface area contributed by atoms with E-state index in [9.17, 15) is 9.18 Å². The fourth-order valence-corrected chi connectivity index (χ4v) is 2.48. The number of nitrogens with zero attached hydrogens (tertiary/aromatic N) is 1. The summed E-state index contributed by atoms with van der Waals surface area (Å²) in [5, 5.41) is 5.41. The van der Waals surface area contributed by atoms with E-state index < -0.39 is 0 Å². The Morgan fingerprint density at radius 3 is 3.00 bits per heavy atom. The van der Waals surface area contributed by atoms with Gasteiger partial charge in [0.1, 0.15) is 0 Å². The molecule has 0 spiro atoms. The van der Waals surface area contributed by atoms with Gasteiger partial charge < -0.3 is 0 Å². The summed E-state index contributed by atoms with van der Waals surface area (Å²) in [4.78, 5) is 13.1. The van der Waals surface area contributed by atoms with Crippen molar-refractivity contribution in [3.63, 3.8) is 0 Å². The predicted octanol–water partition coefficient (Wildman–Crippen LogP) is 2.64. The maximum absolute atomic E-state index is 12.6. The van der Waals surface area contributed by atoms with Crippen molar-refractivity contribution in [3.05, 3.63) is 44.5 Å². The highest BCUT2D eigenvalue weighted by atomic mass is 32.1. The van der Waals surface area contributed by atoms with E-state index in [-0.39, 0.29) is 11.0 Å². The molecule has 0 radical (unpaired) electrons. The van der Waals surface area contributed by atoms with Crippen molar-refractivity contribution < 1.29 is 9.18 Å². The summed E-state index contributed by atoms with van der Waals surface area (Å²) in [6.07, 6.45) is 1.74. The first-order chi connectivity index (χ1) is 8.24. The molecule has 2 heterocycles. The van der Waals surface area contributed by atoms with Gasteiger partial charge in [0.25, 0.3) is 0 Å². The lowest BCUT2D eigenvalue weighted by atomic mass is 10.3. The Labute approximate surface area is 106 Å². The first-order valence-electron chi connectivity index (χ1n) is 4.83. The summed E-state index contributed by atoms with van der Waals surface area (Å²) in [6.45, 7) is 0. The van der Waals surface area contributed by atoms with E-state index in [1.54, 1.807) is 6.07 Å². The molecule has 0 aromatic carbocycles. The summed E-state index contributed by atoms with van der Waals surface area (Å²) < 4.78 is 12.6. The molecule has 0 aliphatic carbocycles. The van der Waals surface area contributed by atoms with E-state index in [4.69, 9.17) is 0 Å². The van der Waals surface area contributed by atoms with Crippen LogP contribution >= 0.6 is 22.7 Å². The van der Waals surface area contributed by atoms with Gasteiger partial charge in [-0.15, -0.1) is 22.7 Å². The van der Waals surface area contributed by atoms with Gasteiger partial charge in [-0.1, -0.05) is 6.07 Å². The molecule has 88 valence electrons. The molecule has 0 aliphatic rings. The number of hydrogen-bond donors (Lipinski definition) is 1. The fourth-order valence-electron chi connectivity index (χ4n) is 1.18. The number of nitrogens with one attached hydrogen (secondary N) is 1. The molecule has 2 aromatic rings. The number of carbonyl (C=O) groups excluding carboxylic acids is 1. The summed E-state index contributed by atoms with van der Waals surface area (Å²) in [5.41, 5.74) is 2.40. The van der Waals surface area contributed by atoms with Gasteiger partial charge in [0.05, 0.1) is 17.5 Å². The van der Waals surface area contributed by atoms with Gasteiger partial charge in [0.15, 0.2) is 5.13 Å². The second kappa shape index (κ2) is 5.70. The van der Waals surface area contributed by atoms with Crippen LogP contribution in [0.3, 0.4) is 0 Å². The fraction of sp³-hybridized carbons (Fsp3) is 0.0909. The predicted molar refractivity (Wildman–Crippen MR) is 68.0 cm³/mol. The number of halogens is 1. The topological polar surface area (TPSA) is 41.5 Å². The van der Waals surface area contributed by atoms with Crippen LogP contribution in [-0.2, 0) is 11.2 Å². The van der Waals surface area contributed by atoms with E-state index in [0.717, 1.165) is 16.2 Å². The largest absolute Gasteiger partial charge is 0.273 e. The van der Waals surface area contributed by atoms with Crippen LogP contribution in [0.4, 0.5) is 4.39 Å². The monoisotopic (exact) mass is 268 g/mol. The highest BCUT2D eigenvalue weighted by Gasteiger charge is 2.02. The average molecular weight is 268 g/mol. The van der Waals surface area contributed by atoms with Crippen LogP contribution in [0.1, 0.15) is 9.75 Å². The van der Waals surface area contributed by atoms with Gasteiger partial charge >= 0.3 is 0 Å². The number of carbonyl (C=O) groups is 1. The third kappa shape index (κ3) is 3.76. The van der Waals surface area contributed by atoms with Crippen LogP contribution in [0.25, 0.3) is 0 Å². The minimum absolute atomic E-state index is 0.180. The van der Waals surface area contributed by atoms with Crippen LogP contribution in [0.2, 0.25) is 0 Å². The minimum Gasteiger partial charge on any atom is -0.273 e. The van der Waals surface area contributed by atoms with E-state index in [1.165, 1.54) is 23.6 Å². The Morgan fingerprint density at radius 1 is 1.47 bits per heavy atom. The van der Waals surface area contributed by atoms with Gasteiger partial charge in [-0.3, -0.25) is 4.79 Å². The molecular formula is C11H9FN2OS2. The van der Waals surface area contributed by atoms with E-state index >= 15 is 0 Å². The Hall–Kier alpha value is -1.53. The van der Waals surface area contributed by atoms with Crippen molar-refractivity contribution in [2.45, 2.75) is 6.42 Å². The van der Waals surface area contributed by atoms with Crippen molar-refractivity contribution in [2.75, 3.05) is 0 Å². The van der Waals surface area contributed by atoms with Crippen molar-refractivity contribution in [2.24, 2.45) is 5.10 Å². The van der Waals surface area contributed by atoms with E-state index in [2.05, 4.69) is 10.5 Å². The van der Waals surface area contributed by atoms with Gasteiger partial charge in [0, 0.05) is 4.88 Å². The van der Waals surface area contributed by atoms with E-state index in [1.807, 2.05) is 17.5 Å². The van der Waals surface area contributed by atoms with Crippen LogP contribution in [0.15, 0.2) is 34.7 Å². The Kier molecular flexibility index (Phi) is 4.00. The normalized spacial score (nSPS) is 10.9. The van der Waals surface area contributed by atoms with Crippen molar-refractivity contribution in [1.82, 2.24) is 5.43 Å². The molecule has 0 saturated carbocycles. The maximum atomic E-state index is 12.6. The molecule has 0 aliphatic heterocycles. The van der Waals surface area contributed by atoms with Crippen LogP contribution < -0.4 is 5.43 Å². The molecule has 1 N–H and O–H groups in total. The third-order valence-electron chi connectivity index (χ3n) is 1.89. The molecule has 2 aromatic heterocycles. The molecule has 0 fully saturated rings. The zero-order valence-corrected chi connectivity index (χ0v) is 10.4. The number of hydrogen-bond acceptors (Lipinski definition) is 4. The molecule has 17 heavy (non-hydrogen) atoms. The first kappa shape index (κ1) is 11.9. The third-order valence-corrected chi connectivity index (χ3v) is 3.57. The number of hydrazone groups is 1.